The van der Waals surface area contributed by atoms with E-state index in [1.54, 1.807) is 0 Å². The molecule has 2 rings (SSSR count). The van der Waals surface area contributed by atoms with E-state index in [9.17, 15) is 92.6 Å². The standard InChI is InChI=1S/C29H28F20O2/c1-2-3-4-5-6-7-15-8-13-19(18(30)14-15)51-20(50)16-9-11-17(12-10-16)21(31,32)22(33,34)23(35,36)24(37,38)25(39,40)26(41,42)27(43,44)28(45,46)29(47,48)49/h8,13-14,16-17H,2-7,9-12H2,1H3. The minimum absolute atomic E-state index is 0.448. The van der Waals surface area contributed by atoms with Crippen molar-refractivity contribution in [1.82, 2.24) is 0 Å². The lowest BCUT2D eigenvalue weighted by molar-refractivity contribution is -0.470. The van der Waals surface area contributed by atoms with Gasteiger partial charge in [0.1, 0.15) is 0 Å². The number of rotatable bonds is 16. The van der Waals surface area contributed by atoms with Gasteiger partial charge in [-0.25, -0.2) is 4.39 Å². The number of aryl methyl sites for hydroxylation is 1. The zero-order valence-corrected chi connectivity index (χ0v) is 25.8. The first kappa shape index (κ1) is 44.5. The van der Waals surface area contributed by atoms with Gasteiger partial charge in [-0.3, -0.25) is 4.79 Å². The zero-order valence-electron chi connectivity index (χ0n) is 25.8. The van der Waals surface area contributed by atoms with E-state index in [2.05, 4.69) is 0 Å². The number of unbranched alkanes of at least 4 members (excludes halogenated alkanes) is 4. The van der Waals surface area contributed by atoms with Crippen LogP contribution in [0.2, 0.25) is 0 Å². The third kappa shape index (κ3) is 7.56. The van der Waals surface area contributed by atoms with Crippen LogP contribution in [-0.2, 0) is 11.2 Å². The SMILES string of the molecule is CCCCCCCc1ccc(OC(=O)C2CCC(C(F)(F)C(F)(F)C(F)(F)C(F)(F)C(F)(F)C(F)(F)C(F)(F)C(F)(F)C(F)(F)F)CC2)c(F)c1. The Hall–Kier alpha value is -2.71. The summed E-state index contributed by atoms with van der Waals surface area (Å²) in [6, 6.07) is 3.42. The van der Waals surface area contributed by atoms with Gasteiger partial charge in [0.15, 0.2) is 11.6 Å². The number of alkyl halides is 19. The molecule has 1 aliphatic rings. The molecule has 0 heterocycles. The summed E-state index contributed by atoms with van der Waals surface area (Å²) in [5.74, 6) is -74.9. The third-order valence-electron chi connectivity index (χ3n) is 8.49. The Balaban J connectivity index is 2.24. The number of carbonyl (C=O) groups excluding carboxylic acids is 1. The smallest absolute Gasteiger partial charge is 0.423 e. The number of benzene rings is 1. The molecule has 0 amide bonds. The second-order valence-electron chi connectivity index (χ2n) is 12.0. The minimum Gasteiger partial charge on any atom is -0.423 e. The molecule has 1 saturated carbocycles. The molecule has 1 aromatic carbocycles. The fourth-order valence-electron chi connectivity index (χ4n) is 5.23. The lowest BCUT2D eigenvalue weighted by Gasteiger charge is -2.45. The monoisotopic (exact) mass is 788 g/mol. The van der Waals surface area contributed by atoms with Gasteiger partial charge < -0.3 is 4.74 Å². The van der Waals surface area contributed by atoms with Crippen molar-refractivity contribution in [3.63, 3.8) is 0 Å². The summed E-state index contributed by atoms with van der Waals surface area (Å²) in [6.07, 6.45) is -8.10. The molecule has 0 bridgehead atoms. The molecule has 22 heteroatoms. The van der Waals surface area contributed by atoms with Gasteiger partial charge >= 0.3 is 59.5 Å². The van der Waals surface area contributed by atoms with Crippen LogP contribution in [0.5, 0.6) is 5.75 Å². The van der Waals surface area contributed by atoms with E-state index in [0.29, 0.717) is 18.4 Å². The fraction of sp³-hybridized carbons (Fsp3) is 0.759. The van der Waals surface area contributed by atoms with Gasteiger partial charge in [-0.2, -0.15) is 83.4 Å². The van der Waals surface area contributed by atoms with E-state index >= 15 is 0 Å². The van der Waals surface area contributed by atoms with Crippen LogP contribution >= 0.6 is 0 Å². The van der Waals surface area contributed by atoms with Crippen LogP contribution in [0.4, 0.5) is 87.8 Å². The molecule has 1 fully saturated rings. The Labute approximate surface area is 275 Å². The highest BCUT2D eigenvalue weighted by molar-refractivity contribution is 5.75. The molecule has 0 aromatic heterocycles. The number of hydrogen-bond acceptors (Lipinski definition) is 2. The van der Waals surface area contributed by atoms with Crippen LogP contribution in [0.1, 0.15) is 70.3 Å². The van der Waals surface area contributed by atoms with Crippen molar-refractivity contribution < 1.29 is 97.3 Å². The summed E-state index contributed by atoms with van der Waals surface area (Å²) < 4.78 is 279. The van der Waals surface area contributed by atoms with Crippen molar-refractivity contribution in [2.45, 2.75) is 125 Å². The van der Waals surface area contributed by atoms with Crippen molar-refractivity contribution in [3.05, 3.63) is 29.6 Å². The van der Waals surface area contributed by atoms with Crippen LogP contribution in [0.3, 0.4) is 0 Å². The van der Waals surface area contributed by atoms with Gasteiger partial charge in [0, 0.05) is 5.92 Å². The van der Waals surface area contributed by atoms with Crippen LogP contribution in [-0.4, -0.2) is 59.5 Å². The highest BCUT2D eigenvalue weighted by atomic mass is 19.4. The molecule has 1 aromatic rings. The van der Waals surface area contributed by atoms with E-state index < -0.39 is 109 Å². The Morgan fingerprint density at radius 1 is 0.608 bits per heavy atom. The molecular weight excluding hydrogens is 760 g/mol. The number of hydrogen-bond donors (Lipinski definition) is 0. The second-order valence-corrected chi connectivity index (χ2v) is 12.0. The van der Waals surface area contributed by atoms with Crippen molar-refractivity contribution in [3.8, 4) is 5.75 Å². The summed E-state index contributed by atoms with van der Waals surface area (Å²) in [4.78, 5) is 12.5. The average Bonchev–Trinajstić information content (AvgIpc) is 3.00. The lowest BCUT2D eigenvalue weighted by Crippen LogP contribution is -2.76. The third-order valence-corrected chi connectivity index (χ3v) is 8.49. The van der Waals surface area contributed by atoms with E-state index in [-0.39, 0.29) is 0 Å². The molecule has 1 aliphatic carbocycles. The maximum absolute atomic E-state index is 14.7. The highest BCUT2D eigenvalue weighted by Crippen LogP contribution is 2.66. The predicted octanol–water partition coefficient (Wildman–Crippen LogP) is 11.7. The molecule has 296 valence electrons. The zero-order chi connectivity index (χ0) is 39.9. The van der Waals surface area contributed by atoms with E-state index in [0.717, 1.165) is 37.8 Å². The molecule has 0 atom stereocenters. The molecule has 0 aliphatic heterocycles. The molecule has 2 nitrogen and oxygen atoms in total. The topological polar surface area (TPSA) is 26.3 Å². The minimum atomic E-state index is -8.98. The first-order valence-electron chi connectivity index (χ1n) is 14.9. The average molecular weight is 789 g/mol. The fourth-order valence-corrected chi connectivity index (χ4v) is 5.23. The first-order chi connectivity index (χ1) is 22.8. The first-order valence-corrected chi connectivity index (χ1v) is 14.9. The Morgan fingerprint density at radius 3 is 1.47 bits per heavy atom. The van der Waals surface area contributed by atoms with Crippen molar-refractivity contribution in [1.29, 1.82) is 0 Å². The van der Waals surface area contributed by atoms with Crippen LogP contribution in [0.25, 0.3) is 0 Å². The molecule has 0 radical (unpaired) electrons. The van der Waals surface area contributed by atoms with Crippen molar-refractivity contribution in [2.75, 3.05) is 0 Å². The molecular formula is C29H28F20O2. The van der Waals surface area contributed by atoms with Gasteiger partial charge in [0.2, 0.25) is 0 Å². The Morgan fingerprint density at radius 2 is 1.04 bits per heavy atom. The Bertz CT molecular complexity index is 1350. The van der Waals surface area contributed by atoms with Crippen molar-refractivity contribution in [2.24, 2.45) is 11.8 Å². The summed E-state index contributed by atoms with van der Waals surface area (Å²) in [5, 5.41) is 0. The highest BCUT2D eigenvalue weighted by Gasteiger charge is 2.96. The van der Waals surface area contributed by atoms with Gasteiger partial charge in [0.25, 0.3) is 0 Å². The number of esters is 1. The van der Waals surface area contributed by atoms with E-state index in [4.69, 9.17) is 4.74 Å². The molecule has 0 N–H and O–H groups in total. The summed E-state index contributed by atoms with van der Waals surface area (Å²) >= 11 is 0. The van der Waals surface area contributed by atoms with Gasteiger partial charge in [-0.15, -0.1) is 0 Å². The molecule has 0 spiro atoms. The maximum atomic E-state index is 14.7. The second kappa shape index (κ2) is 14.6. The predicted molar refractivity (Wildman–Crippen MR) is 136 cm³/mol. The number of ether oxygens (including phenoxy) is 1. The Kier molecular flexibility index (Phi) is 12.7. The van der Waals surface area contributed by atoms with E-state index in [1.807, 2.05) is 6.92 Å². The van der Waals surface area contributed by atoms with Gasteiger partial charge in [0.05, 0.1) is 5.92 Å². The quantitative estimate of drug-likeness (QED) is 0.0722. The van der Waals surface area contributed by atoms with Gasteiger partial charge in [-0.05, 0) is 56.2 Å². The van der Waals surface area contributed by atoms with Crippen LogP contribution < -0.4 is 4.74 Å². The van der Waals surface area contributed by atoms with E-state index in [1.165, 1.54) is 6.07 Å². The van der Waals surface area contributed by atoms with Crippen LogP contribution in [0, 0.1) is 17.7 Å². The van der Waals surface area contributed by atoms with Crippen LogP contribution in [0.15, 0.2) is 18.2 Å². The molecule has 0 saturated heterocycles. The maximum Gasteiger partial charge on any atom is 0.460 e. The molecule has 0 unspecified atom stereocenters. The normalized spacial score (nSPS) is 19.3. The summed E-state index contributed by atoms with van der Waals surface area (Å²) in [5.41, 5.74) is 0.504. The number of halogens is 20. The molecule has 51 heavy (non-hydrogen) atoms. The van der Waals surface area contributed by atoms with Gasteiger partial charge in [-0.1, -0.05) is 38.7 Å². The van der Waals surface area contributed by atoms with Crippen molar-refractivity contribution >= 4 is 5.97 Å². The number of carbonyl (C=O) groups is 1. The lowest BCUT2D eigenvalue weighted by atomic mass is 9.75. The summed E-state index contributed by atoms with van der Waals surface area (Å²) in [6.45, 7) is 1.99. The largest absolute Gasteiger partial charge is 0.460 e. The summed E-state index contributed by atoms with van der Waals surface area (Å²) in [7, 11) is 0.